The monoisotopic (exact) mass is 402 g/mol. The second-order valence-electron chi connectivity index (χ2n) is 9.84. The molecule has 0 aliphatic rings. The van der Waals surface area contributed by atoms with E-state index in [1.165, 1.54) is 11.1 Å². The fourth-order valence-electron chi connectivity index (χ4n) is 3.45. The van der Waals surface area contributed by atoms with Gasteiger partial charge in [0, 0.05) is 0 Å². The molecule has 3 nitrogen and oxygen atoms in total. The lowest BCUT2D eigenvalue weighted by Crippen LogP contribution is -2.20. The summed E-state index contributed by atoms with van der Waals surface area (Å²) >= 11 is 0. The Morgan fingerprint density at radius 2 is 0.933 bits per heavy atom. The zero-order chi connectivity index (χ0) is 22.1. The van der Waals surface area contributed by atoms with E-state index in [9.17, 15) is 10.0 Å². The maximum Gasteiger partial charge on any atom is 0.707 e. The van der Waals surface area contributed by atoms with Crippen LogP contribution in [0.3, 0.4) is 0 Å². The quantitative estimate of drug-likeness (QED) is 0.529. The van der Waals surface area contributed by atoms with E-state index in [1.54, 1.807) is 0 Å². The van der Waals surface area contributed by atoms with Gasteiger partial charge in [-0.2, -0.15) is 0 Å². The Hall–Kier alpha value is -2.56. The molecule has 0 aliphatic heterocycles. The van der Waals surface area contributed by atoms with Gasteiger partial charge in [0.25, 0.3) is 0 Å². The molecule has 0 fully saturated rings. The maximum atomic E-state index is 9.31. The Kier molecular flexibility index (Phi) is 6.12. The van der Waals surface area contributed by atoms with Crippen molar-refractivity contribution >= 4 is 7.32 Å². The molecule has 0 spiro atoms. The van der Waals surface area contributed by atoms with E-state index in [2.05, 4.69) is 96.1 Å². The first-order valence-electron chi connectivity index (χ1n) is 10.3. The molecule has 0 aliphatic carbocycles. The van der Waals surface area contributed by atoms with Crippen molar-refractivity contribution in [1.82, 2.24) is 0 Å². The molecule has 0 atom stereocenters. The van der Waals surface area contributed by atoms with Crippen molar-refractivity contribution in [3.8, 4) is 28.0 Å². The smallest absolute Gasteiger partial charge is 0.512 e. The zero-order valence-electron chi connectivity index (χ0n) is 18.7. The number of hydrogen-bond donors (Lipinski definition) is 2. The maximum absolute atomic E-state index is 9.31. The highest BCUT2D eigenvalue weighted by atomic mass is 16.6. The minimum atomic E-state index is -1.86. The molecule has 30 heavy (non-hydrogen) atoms. The van der Waals surface area contributed by atoms with Crippen molar-refractivity contribution in [1.29, 1.82) is 0 Å². The first kappa shape index (κ1) is 22.1. The third-order valence-corrected chi connectivity index (χ3v) is 5.32. The molecule has 156 valence electrons. The largest absolute Gasteiger partial charge is 0.707 e. The lowest BCUT2D eigenvalue weighted by atomic mass is 9.85. The third-order valence-electron chi connectivity index (χ3n) is 5.32. The molecule has 2 N–H and O–H groups in total. The summed E-state index contributed by atoms with van der Waals surface area (Å²) in [6, 6.07) is 22.7. The molecule has 0 heterocycles. The van der Waals surface area contributed by atoms with Crippen LogP contribution in [0.2, 0.25) is 0 Å². The van der Waals surface area contributed by atoms with E-state index >= 15 is 0 Å². The van der Waals surface area contributed by atoms with Crippen LogP contribution in [0.1, 0.15) is 52.7 Å². The lowest BCUT2D eigenvalue weighted by molar-refractivity contribution is 0.288. The molecule has 0 saturated carbocycles. The SMILES string of the molecule is CC(C)(C)c1ccc(-c2cc(OB(O)O)cc(-c3ccc(C(C)(C)C)cc3)c2)cc1. The van der Waals surface area contributed by atoms with Crippen LogP contribution in [0.4, 0.5) is 0 Å². The summed E-state index contributed by atoms with van der Waals surface area (Å²) in [5, 5.41) is 18.6. The van der Waals surface area contributed by atoms with E-state index in [1.807, 2.05) is 12.1 Å². The van der Waals surface area contributed by atoms with Gasteiger partial charge in [0.15, 0.2) is 0 Å². The molecular weight excluding hydrogens is 371 g/mol. The Bertz CT molecular complexity index is 917. The Morgan fingerprint density at radius 3 is 1.23 bits per heavy atom. The van der Waals surface area contributed by atoms with E-state index < -0.39 is 7.32 Å². The van der Waals surface area contributed by atoms with Crippen LogP contribution in [-0.2, 0) is 10.8 Å². The van der Waals surface area contributed by atoms with Gasteiger partial charge in [-0.15, -0.1) is 0 Å². The molecule has 0 aromatic heterocycles. The summed E-state index contributed by atoms with van der Waals surface area (Å²) in [5.74, 6) is 0.414. The normalized spacial score (nSPS) is 12.0. The average molecular weight is 402 g/mol. The van der Waals surface area contributed by atoms with E-state index in [0.717, 1.165) is 22.3 Å². The van der Waals surface area contributed by atoms with Crippen LogP contribution in [0.5, 0.6) is 5.75 Å². The van der Waals surface area contributed by atoms with Crippen LogP contribution >= 0.6 is 0 Å². The molecule has 0 saturated heterocycles. The lowest BCUT2D eigenvalue weighted by Gasteiger charge is -2.20. The first-order valence-corrected chi connectivity index (χ1v) is 10.3. The highest BCUT2D eigenvalue weighted by Gasteiger charge is 2.17. The molecule has 0 radical (unpaired) electrons. The van der Waals surface area contributed by atoms with E-state index in [-0.39, 0.29) is 10.8 Å². The van der Waals surface area contributed by atoms with Crippen LogP contribution in [-0.4, -0.2) is 17.4 Å². The zero-order valence-corrected chi connectivity index (χ0v) is 18.7. The second-order valence-corrected chi connectivity index (χ2v) is 9.84. The van der Waals surface area contributed by atoms with Crippen LogP contribution in [0, 0.1) is 0 Å². The van der Waals surface area contributed by atoms with Crippen molar-refractivity contribution in [2.24, 2.45) is 0 Å². The molecule has 3 aromatic carbocycles. The fraction of sp³-hybridized carbons (Fsp3) is 0.308. The summed E-state index contributed by atoms with van der Waals surface area (Å²) in [6.45, 7) is 13.2. The van der Waals surface area contributed by atoms with Gasteiger partial charge in [-0.25, -0.2) is 0 Å². The number of benzene rings is 3. The summed E-state index contributed by atoms with van der Waals surface area (Å²) in [6.07, 6.45) is 0. The molecule has 3 aromatic rings. The molecular formula is C26H31BO3. The van der Waals surface area contributed by atoms with Crippen molar-refractivity contribution < 1.29 is 14.7 Å². The Balaban J connectivity index is 2.04. The Morgan fingerprint density at radius 1 is 0.567 bits per heavy atom. The second kappa shape index (κ2) is 8.29. The summed E-state index contributed by atoms with van der Waals surface area (Å²) < 4.78 is 5.21. The highest BCUT2D eigenvalue weighted by molar-refractivity contribution is 6.33. The Labute approximate surface area is 180 Å². The summed E-state index contributed by atoms with van der Waals surface area (Å²) in [4.78, 5) is 0. The predicted molar refractivity (Wildman–Crippen MR) is 126 cm³/mol. The summed E-state index contributed by atoms with van der Waals surface area (Å²) in [7, 11) is -1.86. The molecule has 0 bridgehead atoms. The third kappa shape index (κ3) is 5.32. The van der Waals surface area contributed by atoms with Gasteiger partial charge in [0.05, 0.1) is 0 Å². The van der Waals surface area contributed by atoms with Gasteiger partial charge >= 0.3 is 7.32 Å². The number of hydrogen-bond acceptors (Lipinski definition) is 3. The van der Waals surface area contributed by atoms with Gasteiger partial charge in [0.1, 0.15) is 5.75 Å². The topological polar surface area (TPSA) is 49.7 Å². The van der Waals surface area contributed by atoms with Crippen molar-refractivity contribution in [2.75, 3.05) is 0 Å². The van der Waals surface area contributed by atoms with Crippen molar-refractivity contribution in [2.45, 2.75) is 52.4 Å². The summed E-state index contributed by atoms with van der Waals surface area (Å²) in [5.41, 5.74) is 6.73. The van der Waals surface area contributed by atoms with Gasteiger partial charge in [-0.05, 0) is 62.4 Å². The highest BCUT2D eigenvalue weighted by Crippen LogP contribution is 2.34. The van der Waals surface area contributed by atoms with Gasteiger partial charge in [-0.3, -0.25) is 0 Å². The van der Waals surface area contributed by atoms with Crippen LogP contribution < -0.4 is 4.65 Å². The van der Waals surface area contributed by atoms with E-state index in [4.69, 9.17) is 4.65 Å². The van der Waals surface area contributed by atoms with Gasteiger partial charge in [-0.1, -0.05) is 90.1 Å². The van der Waals surface area contributed by atoms with E-state index in [0.29, 0.717) is 5.75 Å². The predicted octanol–water partition coefficient (Wildman–Crippen LogP) is 5.96. The van der Waals surface area contributed by atoms with Crippen LogP contribution in [0.15, 0.2) is 66.7 Å². The van der Waals surface area contributed by atoms with Gasteiger partial charge in [0.2, 0.25) is 0 Å². The fourth-order valence-corrected chi connectivity index (χ4v) is 3.45. The minimum absolute atomic E-state index is 0.0877. The van der Waals surface area contributed by atoms with Crippen molar-refractivity contribution in [3.05, 3.63) is 77.9 Å². The first-order chi connectivity index (χ1) is 13.9. The molecule has 3 rings (SSSR count). The van der Waals surface area contributed by atoms with Crippen LogP contribution in [0.25, 0.3) is 22.3 Å². The molecule has 0 amide bonds. The van der Waals surface area contributed by atoms with Gasteiger partial charge < -0.3 is 14.7 Å². The average Bonchev–Trinajstić information content (AvgIpc) is 2.66. The standard InChI is InChI=1S/C26H31BO3/c1-25(2,3)22-11-7-18(8-12-22)20-15-21(17-24(16-20)30-27(28)29)19-9-13-23(14-10-19)26(4,5)6/h7-17,28-29H,1-6H3. The molecule has 4 heteroatoms. The minimum Gasteiger partial charge on any atom is -0.512 e. The van der Waals surface area contributed by atoms with Crippen molar-refractivity contribution in [3.63, 3.8) is 0 Å². The number of rotatable bonds is 4. The molecule has 0 unspecified atom stereocenters.